The Balaban J connectivity index is 1.69. The highest BCUT2D eigenvalue weighted by Crippen LogP contribution is 2.64. The Morgan fingerprint density at radius 2 is 2.23 bits per heavy atom. The fraction of sp³-hybridized carbons (Fsp3) is 0.750. The van der Waals surface area contributed by atoms with E-state index in [2.05, 4.69) is 18.8 Å². The van der Waals surface area contributed by atoms with E-state index in [4.69, 9.17) is 15.2 Å². The van der Waals surface area contributed by atoms with Gasteiger partial charge in [0.2, 0.25) is 0 Å². The van der Waals surface area contributed by atoms with E-state index in [9.17, 15) is 4.79 Å². The van der Waals surface area contributed by atoms with Crippen molar-refractivity contribution >= 4 is 12.1 Å². The summed E-state index contributed by atoms with van der Waals surface area (Å²) in [6, 6.07) is 0.288. The molecule has 1 saturated carbocycles. The van der Waals surface area contributed by atoms with Crippen molar-refractivity contribution in [3.63, 3.8) is 0 Å². The van der Waals surface area contributed by atoms with Crippen LogP contribution in [0.15, 0.2) is 16.8 Å². The van der Waals surface area contributed by atoms with E-state index in [-0.39, 0.29) is 18.0 Å². The number of methoxy groups -OCH3 is 1. The maximum absolute atomic E-state index is 12.8. The molecule has 6 nitrogen and oxygen atoms in total. The molecule has 3 aliphatic rings. The minimum absolute atomic E-state index is 0.0449. The predicted octanol–water partition coefficient (Wildman–Crippen LogP) is 0.428. The van der Waals surface area contributed by atoms with Gasteiger partial charge in [0.25, 0.3) is 5.91 Å². The number of nitrogens with two attached hydrogens (primary N) is 1. The molecule has 0 spiro atoms. The Hall–Kier alpha value is -1.40. The fourth-order valence-corrected chi connectivity index (χ4v) is 3.87. The zero-order valence-corrected chi connectivity index (χ0v) is 13.5. The van der Waals surface area contributed by atoms with E-state index in [0.29, 0.717) is 42.6 Å². The average molecular weight is 307 g/mol. The molecule has 2 N–H and O–H groups in total. The van der Waals surface area contributed by atoms with Gasteiger partial charge in [0.05, 0.1) is 37.5 Å². The first-order valence-electron chi connectivity index (χ1n) is 7.83. The van der Waals surface area contributed by atoms with Gasteiger partial charge in [-0.2, -0.15) is 0 Å². The monoisotopic (exact) mass is 307 g/mol. The minimum Gasteiger partial charge on any atom is -0.404 e. The lowest BCUT2D eigenvalue weighted by atomic mass is 10.0. The number of aliphatic imine (C=N–C) groups is 1. The maximum Gasteiger partial charge on any atom is 0.257 e. The highest BCUT2D eigenvalue weighted by molar-refractivity contribution is 6.12. The van der Waals surface area contributed by atoms with Crippen LogP contribution in [0, 0.1) is 17.3 Å². The van der Waals surface area contributed by atoms with E-state index in [0.717, 1.165) is 6.54 Å². The van der Waals surface area contributed by atoms with Crippen LogP contribution in [0.1, 0.15) is 13.8 Å². The van der Waals surface area contributed by atoms with Crippen molar-refractivity contribution in [2.75, 3.05) is 33.5 Å². The first-order chi connectivity index (χ1) is 10.5. The molecule has 6 heteroatoms. The van der Waals surface area contributed by atoms with Gasteiger partial charge in [0, 0.05) is 26.1 Å². The summed E-state index contributed by atoms with van der Waals surface area (Å²) >= 11 is 0. The summed E-state index contributed by atoms with van der Waals surface area (Å²) in [7, 11) is 1.68. The summed E-state index contributed by atoms with van der Waals surface area (Å²) in [4.78, 5) is 19.0. The number of rotatable bonds is 5. The molecular weight excluding hydrogens is 282 g/mol. The quantitative estimate of drug-likeness (QED) is 0.590. The molecule has 0 bridgehead atoms. The minimum atomic E-state index is -0.0449. The molecule has 0 aromatic heterocycles. The molecule has 1 unspecified atom stereocenters. The van der Waals surface area contributed by atoms with Crippen LogP contribution >= 0.6 is 0 Å². The number of carbonyl (C=O) groups excluding carboxylic acids is 1. The van der Waals surface area contributed by atoms with Crippen molar-refractivity contribution < 1.29 is 14.3 Å². The number of hydrogen-bond acceptors (Lipinski definition) is 5. The Labute approximate surface area is 131 Å². The van der Waals surface area contributed by atoms with Crippen LogP contribution in [-0.4, -0.2) is 62.6 Å². The van der Waals surface area contributed by atoms with E-state index in [1.165, 1.54) is 6.20 Å². The maximum atomic E-state index is 12.8. The number of amides is 1. The summed E-state index contributed by atoms with van der Waals surface area (Å²) in [5.41, 5.74) is 6.40. The molecule has 0 radical (unpaired) electrons. The van der Waals surface area contributed by atoms with Gasteiger partial charge in [-0.25, -0.2) is 0 Å². The Morgan fingerprint density at radius 3 is 2.77 bits per heavy atom. The van der Waals surface area contributed by atoms with Crippen molar-refractivity contribution in [2.45, 2.75) is 25.9 Å². The molecule has 1 amide bonds. The van der Waals surface area contributed by atoms with Crippen LogP contribution in [0.3, 0.4) is 0 Å². The lowest BCUT2D eigenvalue weighted by Gasteiger charge is -2.30. The number of piperidine rings is 1. The summed E-state index contributed by atoms with van der Waals surface area (Å²) < 4.78 is 10.4. The summed E-state index contributed by atoms with van der Waals surface area (Å²) in [6.45, 7) is 7.13. The number of nitrogens with zero attached hydrogens (tertiary/aromatic N) is 2. The van der Waals surface area contributed by atoms with Crippen molar-refractivity contribution in [2.24, 2.45) is 28.0 Å². The number of fused-ring (bicyclic) bond motifs is 1. The van der Waals surface area contributed by atoms with Gasteiger partial charge in [0.1, 0.15) is 0 Å². The lowest BCUT2D eigenvalue weighted by Crippen LogP contribution is -2.44. The van der Waals surface area contributed by atoms with Crippen molar-refractivity contribution in [1.29, 1.82) is 0 Å². The lowest BCUT2D eigenvalue weighted by molar-refractivity contribution is -0.129. The molecule has 0 aromatic carbocycles. The van der Waals surface area contributed by atoms with Crippen LogP contribution in [0.25, 0.3) is 0 Å². The van der Waals surface area contributed by atoms with Gasteiger partial charge < -0.3 is 20.1 Å². The first-order valence-corrected chi connectivity index (χ1v) is 7.83. The Morgan fingerprint density at radius 1 is 1.50 bits per heavy atom. The molecule has 122 valence electrons. The van der Waals surface area contributed by atoms with Gasteiger partial charge in [-0.1, -0.05) is 13.8 Å². The molecule has 3 rings (SSSR count). The second-order valence-corrected chi connectivity index (χ2v) is 7.03. The highest BCUT2D eigenvalue weighted by Gasteiger charge is 2.67. The number of hydrogen-bond donors (Lipinski definition) is 1. The molecular formula is C16H25N3O3. The largest absolute Gasteiger partial charge is 0.404 e. The molecule has 2 saturated heterocycles. The standard InChI is InChI=1S/C16H25N3O3/c1-16(2)12-6-19(13(9-21-3)14(12)16)15(20)10(4-17)5-18-11-7-22-8-11/h4-5,11-14H,6-9,17H2,1-3H3/b10-4+,18-5?/t12?,13-,14+/m1/s1. The normalized spacial score (nSPS) is 33.9. The molecule has 3 fully saturated rings. The molecule has 1 aliphatic carbocycles. The number of likely N-dealkylation sites (tertiary alicyclic amines) is 1. The second kappa shape index (κ2) is 5.66. The van der Waals surface area contributed by atoms with Crippen molar-refractivity contribution in [3.8, 4) is 0 Å². The van der Waals surface area contributed by atoms with Gasteiger partial charge in [0.15, 0.2) is 0 Å². The van der Waals surface area contributed by atoms with Crippen LogP contribution in [0.4, 0.5) is 0 Å². The third-order valence-electron chi connectivity index (χ3n) is 5.42. The molecule has 22 heavy (non-hydrogen) atoms. The van der Waals surface area contributed by atoms with E-state index in [1.807, 2.05) is 4.90 Å². The number of ether oxygens (including phenoxy) is 2. The molecule has 3 atom stereocenters. The van der Waals surface area contributed by atoms with Crippen LogP contribution < -0.4 is 5.73 Å². The van der Waals surface area contributed by atoms with Crippen molar-refractivity contribution in [1.82, 2.24) is 4.90 Å². The second-order valence-electron chi connectivity index (χ2n) is 7.03. The van der Waals surface area contributed by atoms with E-state index in [1.54, 1.807) is 13.3 Å². The first kappa shape index (κ1) is 15.5. The van der Waals surface area contributed by atoms with E-state index < -0.39 is 0 Å². The number of carbonyl (C=O) groups is 1. The SMILES string of the molecule is COC[C@@H]1[C@@H]2C(CN1C(=O)/C(C=NC1COC1)=C/N)C2(C)C. The summed E-state index contributed by atoms with van der Waals surface area (Å²) in [5, 5.41) is 0. The van der Waals surface area contributed by atoms with Gasteiger partial charge in [-0.15, -0.1) is 0 Å². The van der Waals surface area contributed by atoms with Crippen LogP contribution in [0.2, 0.25) is 0 Å². The Bertz CT molecular complexity index is 511. The van der Waals surface area contributed by atoms with Gasteiger partial charge >= 0.3 is 0 Å². The van der Waals surface area contributed by atoms with E-state index >= 15 is 0 Å². The van der Waals surface area contributed by atoms with Gasteiger partial charge in [-0.3, -0.25) is 9.79 Å². The Kier molecular flexibility index (Phi) is 3.99. The third-order valence-corrected chi connectivity index (χ3v) is 5.42. The predicted molar refractivity (Wildman–Crippen MR) is 83.5 cm³/mol. The zero-order chi connectivity index (χ0) is 15.9. The molecule has 2 heterocycles. The topological polar surface area (TPSA) is 77.1 Å². The highest BCUT2D eigenvalue weighted by atomic mass is 16.5. The summed E-state index contributed by atoms with van der Waals surface area (Å²) in [6.07, 6.45) is 2.94. The van der Waals surface area contributed by atoms with Crippen molar-refractivity contribution in [3.05, 3.63) is 11.8 Å². The molecule has 2 aliphatic heterocycles. The van der Waals surface area contributed by atoms with Crippen LogP contribution in [0.5, 0.6) is 0 Å². The fourth-order valence-electron chi connectivity index (χ4n) is 3.87. The average Bonchev–Trinajstić information content (AvgIpc) is 2.80. The zero-order valence-electron chi connectivity index (χ0n) is 13.5. The van der Waals surface area contributed by atoms with Crippen LogP contribution in [-0.2, 0) is 14.3 Å². The smallest absolute Gasteiger partial charge is 0.257 e. The summed E-state index contributed by atoms with van der Waals surface area (Å²) in [5.74, 6) is 1.04. The third kappa shape index (κ3) is 2.44. The van der Waals surface area contributed by atoms with Gasteiger partial charge in [-0.05, 0) is 17.3 Å². The molecule has 0 aromatic rings.